The number of aromatic amines is 1. The maximum absolute atomic E-state index is 13.8. The zero-order valence-electron chi connectivity index (χ0n) is 25.3. The van der Waals surface area contributed by atoms with E-state index in [1.165, 1.54) is 20.0 Å². The minimum atomic E-state index is -1.09. The summed E-state index contributed by atoms with van der Waals surface area (Å²) in [7, 11) is 3.87. The van der Waals surface area contributed by atoms with Gasteiger partial charge in [0.05, 0.1) is 11.5 Å². The van der Waals surface area contributed by atoms with Crippen LogP contribution in [-0.4, -0.2) is 66.3 Å². The highest BCUT2D eigenvalue weighted by Crippen LogP contribution is 2.47. The normalized spacial score (nSPS) is 27.6. The fourth-order valence-electron chi connectivity index (χ4n) is 6.44. The standard InChI is InChI=1S/C31H35N5O9/c1-15(37)42-14-25-23(43-16(2)38)11-26(44-25)36-13-21(30(40)34-31(36)41)27-20(12-32)29(33)45-24-10-18(9-22(39)28(24)27)17-5-7-19(8-6-17)35(3)4/h5-8,13,18,23-28H,9-11,14,33H2,1-4H3,(H,34,40,41)/t18?,23-,24?,25+,26+,27?,28?/m1/s1. The van der Waals surface area contributed by atoms with E-state index in [1.807, 2.05) is 49.3 Å². The fraction of sp³-hybridized carbons (Fsp3) is 0.484. The third kappa shape index (κ3) is 6.34. The number of nitrogens with one attached hydrogen (secondary N) is 1. The van der Waals surface area contributed by atoms with Gasteiger partial charge in [-0.15, -0.1) is 0 Å². The molecule has 1 saturated heterocycles. The monoisotopic (exact) mass is 621 g/mol. The lowest BCUT2D eigenvalue weighted by Gasteiger charge is -2.42. The van der Waals surface area contributed by atoms with E-state index in [-0.39, 0.29) is 48.2 Å². The number of benzene rings is 1. The van der Waals surface area contributed by atoms with Crippen molar-refractivity contribution in [2.75, 3.05) is 25.6 Å². The third-order valence-corrected chi connectivity index (χ3v) is 8.54. The first-order chi connectivity index (χ1) is 21.4. The Kier molecular flexibility index (Phi) is 8.83. The van der Waals surface area contributed by atoms with Crippen LogP contribution in [0.1, 0.15) is 62.3 Å². The molecular formula is C31H35N5O9. The maximum Gasteiger partial charge on any atom is 0.330 e. The number of Topliss-reactive ketones (excluding diaryl/α,β-unsaturated/α-hetero) is 1. The van der Waals surface area contributed by atoms with Crippen LogP contribution in [0.4, 0.5) is 5.69 Å². The third-order valence-electron chi connectivity index (χ3n) is 8.54. The zero-order valence-corrected chi connectivity index (χ0v) is 25.3. The van der Waals surface area contributed by atoms with Gasteiger partial charge in [0.2, 0.25) is 0 Å². The number of ether oxygens (including phenoxy) is 4. The molecule has 0 bridgehead atoms. The van der Waals surface area contributed by atoms with E-state index in [0.29, 0.717) is 6.42 Å². The molecule has 2 aliphatic heterocycles. The molecule has 7 atom stereocenters. The van der Waals surface area contributed by atoms with E-state index in [0.717, 1.165) is 15.8 Å². The van der Waals surface area contributed by atoms with Crippen LogP contribution in [-0.2, 0) is 33.3 Å². The molecule has 3 heterocycles. The number of carbonyl (C=O) groups is 3. The quantitative estimate of drug-likeness (QED) is 0.422. The van der Waals surface area contributed by atoms with Gasteiger partial charge in [-0.2, -0.15) is 5.26 Å². The Morgan fingerprint density at radius 3 is 2.47 bits per heavy atom. The van der Waals surface area contributed by atoms with Crippen molar-refractivity contribution in [2.45, 2.75) is 69.5 Å². The first kappa shape index (κ1) is 31.5. The smallest absolute Gasteiger partial charge is 0.330 e. The topological polar surface area (TPSA) is 196 Å². The van der Waals surface area contributed by atoms with E-state index < -0.39 is 59.6 Å². The van der Waals surface area contributed by atoms with Crippen molar-refractivity contribution in [3.63, 3.8) is 0 Å². The molecule has 14 nitrogen and oxygen atoms in total. The Morgan fingerprint density at radius 2 is 1.84 bits per heavy atom. The molecule has 2 aromatic rings. The molecule has 1 aromatic carbocycles. The van der Waals surface area contributed by atoms with Gasteiger partial charge in [-0.1, -0.05) is 12.1 Å². The highest BCUT2D eigenvalue weighted by Gasteiger charge is 2.50. The number of rotatable bonds is 7. The summed E-state index contributed by atoms with van der Waals surface area (Å²) < 4.78 is 23.4. The number of esters is 2. The number of hydrogen-bond donors (Lipinski definition) is 2. The Morgan fingerprint density at radius 1 is 1.13 bits per heavy atom. The predicted octanol–water partition coefficient (Wildman–Crippen LogP) is 1.32. The Bertz CT molecular complexity index is 1690. The van der Waals surface area contributed by atoms with Gasteiger partial charge in [0.25, 0.3) is 5.56 Å². The van der Waals surface area contributed by atoms with Crippen LogP contribution in [0.15, 0.2) is 51.5 Å². The van der Waals surface area contributed by atoms with Gasteiger partial charge in [0.15, 0.2) is 5.88 Å². The van der Waals surface area contributed by atoms with Crippen LogP contribution in [0, 0.1) is 17.2 Å². The van der Waals surface area contributed by atoms with Crippen LogP contribution in [0.25, 0.3) is 0 Å². The number of nitriles is 1. The van der Waals surface area contributed by atoms with Crippen LogP contribution < -0.4 is 21.9 Å². The lowest BCUT2D eigenvalue weighted by atomic mass is 9.66. The van der Waals surface area contributed by atoms with Gasteiger partial charge in [-0.05, 0) is 30.0 Å². The van der Waals surface area contributed by atoms with Gasteiger partial charge in [0.1, 0.15) is 43.0 Å². The summed E-state index contributed by atoms with van der Waals surface area (Å²) in [4.78, 5) is 67.5. The Balaban J connectivity index is 1.49. The number of carbonyl (C=O) groups excluding carboxylic acids is 3. The number of H-pyrrole nitrogens is 1. The van der Waals surface area contributed by atoms with Gasteiger partial charge in [0, 0.05) is 64.2 Å². The highest BCUT2D eigenvalue weighted by molar-refractivity contribution is 5.85. The van der Waals surface area contributed by atoms with Crippen LogP contribution in [0.2, 0.25) is 0 Å². The lowest BCUT2D eigenvalue weighted by Crippen LogP contribution is -2.47. The summed E-state index contributed by atoms with van der Waals surface area (Å²) in [5.41, 5.74) is 6.44. The second-order valence-electron chi connectivity index (χ2n) is 11.7. The average Bonchev–Trinajstić information content (AvgIpc) is 3.36. The predicted molar refractivity (Wildman–Crippen MR) is 158 cm³/mol. The number of aromatic nitrogens is 2. The number of hydrogen-bond acceptors (Lipinski definition) is 12. The van der Waals surface area contributed by atoms with E-state index in [1.54, 1.807) is 0 Å². The van der Waals surface area contributed by atoms with Crippen molar-refractivity contribution in [2.24, 2.45) is 11.7 Å². The maximum atomic E-state index is 13.8. The number of nitrogens with two attached hydrogens (primary N) is 1. The van der Waals surface area contributed by atoms with Crippen molar-refractivity contribution < 1.29 is 33.3 Å². The summed E-state index contributed by atoms with van der Waals surface area (Å²) in [6.07, 6.45) is -1.66. The molecule has 0 amide bonds. The summed E-state index contributed by atoms with van der Waals surface area (Å²) in [5, 5.41) is 10.1. The van der Waals surface area contributed by atoms with Crippen molar-refractivity contribution >= 4 is 23.4 Å². The molecule has 2 fully saturated rings. The SMILES string of the molecule is CC(=O)OC[C@@H]1O[C@H](n2cc(C3C(C#N)=C(N)OC4CC(c5ccc(N(C)C)cc5)CC(=O)C43)c(=O)[nH]c2=O)C[C@H]1OC(C)=O. The summed E-state index contributed by atoms with van der Waals surface area (Å²) in [6.45, 7) is 2.20. The molecule has 14 heteroatoms. The molecule has 238 valence electrons. The molecule has 1 saturated carbocycles. The number of allylic oxidation sites excluding steroid dienone is 1. The average molecular weight is 622 g/mol. The van der Waals surface area contributed by atoms with Crippen molar-refractivity contribution in [1.29, 1.82) is 5.26 Å². The van der Waals surface area contributed by atoms with Crippen molar-refractivity contribution in [3.8, 4) is 6.07 Å². The zero-order chi connectivity index (χ0) is 32.6. The minimum absolute atomic E-state index is 0.00699. The van der Waals surface area contributed by atoms with Crippen LogP contribution in [0.3, 0.4) is 0 Å². The summed E-state index contributed by atoms with van der Waals surface area (Å²) in [6, 6.07) is 9.87. The van der Waals surface area contributed by atoms with E-state index >= 15 is 0 Å². The molecular weight excluding hydrogens is 586 g/mol. The summed E-state index contributed by atoms with van der Waals surface area (Å²) in [5.74, 6) is -3.72. The van der Waals surface area contributed by atoms with Gasteiger partial charge >= 0.3 is 17.6 Å². The molecule has 45 heavy (non-hydrogen) atoms. The van der Waals surface area contributed by atoms with Gasteiger partial charge in [-0.25, -0.2) is 4.79 Å². The molecule has 1 aromatic heterocycles. The van der Waals surface area contributed by atoms with Crippen LogP contribution in [0.5, 0.6) is 0 Å². The van der Waals surface area contributed by atoms with Crippen molar-refractivity contribution in [1.82, 2.24) is 9.55 Å². The molecule has 0 radical (unpaired) electrons. The Labute approximate surface area is 258 Å². The minimum Gasteiger partial charge on any atom is -0.474 e. The van der Waals surface area contributed by atoms with Gasteiger partial charge < -0.3 is 29.6 Å². The van der Waals surface area contributed by atoms with Gasteiger partial charge in [-0.3, -0.25) is 28.7 Å². The molecule has 5 rings (SSSR count). The number of ketones is 1. The molecule has 4 unspecified atom stereocenters. The Hall–Kier alpha value is -4.90. The number of anilines is 1. The largest absolute Gasteiger partial charge is 0.474 e. The summed E-state index contributed by atoms with van der Waals surface area (Å²) >= 11 is 0. The molecule has 1 aliphatic carbocycles. The first-order valence-corrected chi connectivity index (χ1v) is 14.6. The molecule has 3 N–H and O–H groups in total. The number of fused-ring (bicyclic) bond motifs is 1. The van der Waals surface area contributed by atoms with Crippen LogP contribution >= 0.6 is 0 Å². The second-order valence-corrected chi connectivity index (χ2v) is 11.7. The van der Waals surface area contributed by atoms with Crippen molar-refractivity contribution in [3.05, 3.63) is 73.9 Å². The van der Waals surface area contributed by atoms with E-state index in [2.05, 4.69) is 4.98 Å². The molecule has 0 spiro atoms. The van der Waals surface area contributed by atoms with E-state index in [4.69, 9.17) is 24.7 Å². The number of nitrogens with zero attached hydrogens (tertiary/aromatic N) is 3. The second kappa shape index (κ2) is 12.6. The molecule has 3 aliphatic rings. The highest BCUT2D eigenvalue weighted by atomic mass is 16.6. The first-order valence-electron chi connectivity index (χ1n) is 14.6. The van der Waals surface area contributed by atoms with E-state index in [9.17, 15) is 29.2 Å². The lowest BCUT2D eigenvalue weighted by molar-refractivity contribution is -0.155. The fourth-order valence-corrected chi connectivity index (χ4v) is 6.44.